The summed E-state index contributed by atoms with van der Waals surface area (Å²) in [6.45, 7) is 1.93. The van der Waals surface area contributed by atoms with Gasteiger partial charge >= 0.3 is 0 Å². The smallest absolute Gasteiger partial charge is 0.242 e. The number of carbonyl (C=O) groups is 1. The Morgan fingerprint density at radius 1 is 1.21 bits per heavy atom. The van der Waals surface area contributed by atoms with Crippen molar-refractivity contribution in [3.05, 3.63) is 47.9 Å². The van der Waals surface area contributed by atoms with Gasteiger partial charge < -0.3 is 9.88 Å². The minimum absolute atomic E-state index is 0.153. The van der Waals surface area contributed by atoms with Gasteiger partial charge in [0.05, 0.1) is 15.9 Å². The number of nitrogens with zero attached hydrogens (tertiary/aromatic N) is 4. The van der Waals surface area contributed by atoms with Crippen LogP contribution in [0.3, 0.4) is 0 Å². The summed E-state index contributed by atoms with van der Waals surface area (Å²) in [6.07, 6.45) is 2.37. The van der Waals surface area contributed by atoms with Gasteiger partial charge in [-0.2, -0.15) is 0 Å². The van der Waals surface area contributed by atoms with E-state index < -0.39 is 10.0 Å². The summed E-state index contributed by atoms with van der Waals surface area (Å²) in [6, 6.07) is 8.50. The second-order valence-electron chi connectivity index (χ2n) is 6.79. The first-order valence-corrected chi connectivity index (χ1v) is 10.2. The number of anilines is 1. The van der Waals surface area contributed by atoms with Crippen molar-refractivity contribution in [1.82, 2.24) is 18.8 Å². The summed E-state index contributed by atoms with van der Waals surface area (Å²) in [5.74, 6) is 1.07. The molecule has 0 aliphatic heterocycles. The summed E-state index contributed by atoms with van der Waals surface area (Å²) < 4.78 is 27.7. The average Bonchev–Trinajstić information content (AvgIpc) is 2.97. The van der Waals surface area contributed by atoms with Gasteiger partial charge in [0, 0.05) is 40.2 Å². The van der Waals surface area contributed by atoms with Crippen LogP contribution in [0.15, 0.2) is 41.4 Å². The van der Waals surface area contributed by atoms with E-state index in [0.717, 1.165) is 11.1 Å². The van der Waals surface area contributed by atoms with Gasteiger partial charge in [0.25, 0.3) is 0 Å². The van der Waals surface area contributed by atoms with E-state index in [1.54, 1.807) is 30.5 Å². The summed E-state index contributed by atoms with van der Waals surface area (Å²) in [5.41, 5.74) is 2.42. The van der Waals surface area contributed by atoms with Crippen LogP contribution in [0.4, 0.5) is 5.82 Å². The third-order valence-corrected chi connectivity index (χ3v) is 6.29. The molecule has 0 saturated carbocycles. The molecule has 0 fully saturated rings. The second kappa shape index (κ2) is 7.69. The van der Waals surface area contributed by atoms with Crippen molar-refractivity contribution in [2.45, 2.75) is 24.7 Å². The maximum atomic E-state index is 12.3. The molecule has 9 heteroatoms. The molecule has 0 saturated heterocycles. The Balaban J connectivity index is 1.75. The SMILES string of the molecule is Cc1ccc(NC(=O)CCc2nc3cc(S(=O)(=O)N(C)C)ccc3n2C)nc1. The summed E-state index contributed by atoms with van der Waals surface area (Å²) in [7, 11) is 1.31. The Morgan fingerprint density at radius 3 is 2.61 bits per heavy atom. The highest BCUT2D eigenvalue weighted by Gasteiger charge is 2.19. The maximum Gasteiger partial charge on any atom is 0.242 e. The van der Waals surface area contributed by atoms with E-state index in [1.807, 2.05) is 24.6 Å². The molecule has 0 spiro atoms. The number of nitrogens with one attached hydrogen (secondary N) is 1. The van der Waals surface area contributed by atoms with Gasteiger partial charge in [-0.3, -0.25) is 4.79 Å². The number of hydrogen-bond acceptors (Lipinski definition) is 5. The number of aryl methyl sites for hydroxylation is 3. The molecule has 3 rings (SSSR count). The normalized spacial score (nSPS) is 11.9. The molecular weight excluding hydrogens is 378 g/mol. The summed E-state index contributed by atoms with van der Waals surface area (Å²) in [5, 5.41) is 2.76. The van der Waals surface area contributed by atoms with Crippen LogP contribution in [0.1, 0.15) is 17.8 Å². The van der Waals surface area contributed by atoms with Gasteiger partial charge in [-0.1, -0.05) is 6.07 Å². The fraction of sp³-hybridized carbons (Fsp3) is 0.316. The number of imidazole rings is 1. The predicted octanol–water partition coefficient (Wildman–Crippen LogP) is 2.10. The molecule has 1 N–H and O–H groups in total. The lowest BCUT2D eigenvalue weighted by molar-refractivity contribution is -0.116. The van der Waals surface area contributed by atoms with Crippen molar-refractivity contribution in [3.8, 4) is 0 Å². The van der Waals surface area contributed by atoms with Crippen LogP contribution >= 0.6 is 0 Å². The molecule has 0 aliphatic carbocycles. The number of hydrogen-bond donors (Lipinski definition) is 1. The van der Waals surface area contributed by atoms with E-state index in [4.69, 9.17) is 0 Å². The highest BCUT2D eigenvalue weighted by Crippen LogP contribution is 2.22. The second-order valence-corrected chi connectivity index (χ2v) is 8.95. The maximum absolute atomic E-state index is 12.3. The molecule has 148 valence electrons. The van der Waals surface area contributed by atoms with E-state index in [-0.39, 0.29) is 17.2 Å². The summed E-state index contributed by atoms with van der Waals surface area (Å²) >= 11 is 0. The first-order chi connectivity index (χ1) is 13.2. The van der Waals surface area contributed by atoms with Crippen LogP contribution in [0, 0.1) is 6.92 Å². The number of fused-ring (bicyclic) bond motifs is 1. The molecule has 2 aromatic heterocycles. The number of rotatable bonds is 6. The molecule has 28 heavy (non-hydrogen) atoms. The molecule has 2 heterocycles. The molecule has 1 amide bonds. The van der Waals surface area contributed by atoms with Crippen LogP contribution < -0.4 is 5.32 Å². The Bertz CT molecular complexity index is 1120. The fourth-order valence-electron chi connectivity index (χ4n) is 2.80. The number of aromatic nitrogens is 3. The molecule has 3 aromatic rings. The molecule has 0 unspecified atom stereocenters. The monoisotopic (exact) mass is 401 g/mol. The van der Waals surface area contributed by atoms with E-state index in [2.05, 4.69) is 15.3 Å². The first-order valence-electron chi connectivity index (χ1n) is 8.79. The molecule has 0 atom stereocenters. The van der Waals surface area contributed by atoms with Crippen molar-refractivity contribution < 1.29 is 13.2 Å². The van der Waals surface area contributed by atoms with Crippen molar-refractivity contribution in [1.29, 1.82) is 0 Å². The molecule has 0 aliphatic rings. The number of benzene rings is 1. The van der Waals surface area contributed by atoms with Crippen LogP contribution in [-0.4, -0.2) is 47.3 Å². The van der Waals surface area contributed by atoms with E-state index in [9.17, 15) is 13.2 Å². The minimum atomic E-state index is -3.52. The Morgan fingerprint density at radius 2 is 1.96 bits per heavy atom. The van der Waals surface area contributed by atoms with E-state index in [0.29, 0.717) is 23.6 Å². The van der Waals surface area contributed by atoms with Gasteiger partial charge in [0.2, 0.25) is 15.9 Å². The Kier molecular flexibility index (Phi) is 5.48. The zero-order valence-corrected chi connectivity index (χ0v) is 17.1. The van der Waals surface area contributed by atoms with E-state index in [1.165, 1.54) is 18.4 Å². The molecule has 8 nitrogen and oxygen atoms in total. The summed E-state index contributed by atoms with van der Waals surface area (Å²) in [4.78, 5) is 21.1. The number of amides is 1. The van der Waals surface area contributed by atoms with Crippen LogP contribution in [0.5, 0.6) is 0 Å². The van der Waals surface area contributed by atoms with E-state index >= 15 is 0 Å². The first kappa shape index (κ1) is 20.0. The van der Waals surface area contributed by atoms with Crippen molar-refractivity contribution >= 4 is 32.8 Å². The van der Waals surface area contributed by atoms with Gasteiger partial charge in [0.15, 0.2) is 0 Å². The van der Waals surface area contributed by atoms with Gasteiger partial charge in [-0.25, -0.2) is 22.7 Å². The minimum Gasteiger partial charge on any atom is -0.331 e. The quantitative estimate of drug-likeness (QED) is 0.682. The number of pyridine rings is 1. The molecule has 0 radical (unpaired) electrons. The molecule has 1 aromatic carbocycles. The lowest BCUT2D eigenvalue weighted by Gasteiger charge is -2.10. The van der Waals surface area contributed by atoms with Crippen molar-refractivity contribution in [3.63, 3.8) is 0 Å². The Labute approximate surface area is 164 Å². The van der Waals surface area contributed by atoms with Gasteiger partial charge in [0.1, 0.15) is 11.6 Å². The Hall–Kier alpha value is -2.78. The van der Waals surface area contributed by atoms with Crippen LogP contribution in [-0.2, 0) is 28.3 Å². The number of carbonyl (C=O) groups excluding carboxylic acids is 1. The standard InChI is InChI=1S/C19H23N5O3S/c1-13-5-8-17(20-12-13)22-19(25)10-9-18-21-15-11-14(28(26,27)23(2)3)6-7-16(15)24(18)4/h5-8,11-12H,9-10H2,1-4H3,(H,20,22,25). The zero-order chi connectivity index (χ0) is 20.5. The van der Waals surface area contributed by atoms with Crippen LogP contribution in [0.25, 0.3) is 11.0 Å². The van der Waals surface area contributed by atoms with Gasteiger partial charge in [-0.15, -0.1) is 0 Å². The van der Waals surface area contributed by atoms with Gasteiger partial charge in [-0.05, 0) is 36.8 Å². The average molecular weight is 401 g/mol. The highest BCUT2D eigenvalue weighted by molar-refractivity contribution is 7.89. The molecule has 0 bridgehead atoms. The van der Waals surface area contributed by atoms with Crippen molar-refractivity contribution in [2.75, 3.05) is 19.4 Å². The van der Waals surface area contributed by atoms with Crippen molar-refractivity contribution in [2.24, 2.45) is 7.05 Å². The zero-order valence-electron chi connectivity index (χ0n) is 16.3. The predicted molar refractivity (Wildman–Crippen MR) is 108 cm³/mol. The lowest BCUT2D eigenvalue weighted by Crippen LogP contribution is -2.22. The fourth-order valence-corrected chi connectivity index (χ4v) is 3.72. The van der Waals surface area contributed by atoms with Crippen LogP contribution in [0.2, 0.25) is 0 Å². The topological polar surface area (TPSA) is 97.2 Å². The third kappa shape index (κ3) is 4.05. The third-order valence-electron chi connectivity index (χ3n) is 4.48. The lowest BCUT2D eigenvalue weighted by atomic mass is 10.2. The molecular formula is C19H23N5O3S. The highest BCUT2D eigenvalue weighted by atomic mass is 32.2. The number of sulfonamides is 1. The largest absolute Gasteiger partial charge is 0.331 e.